The van der Waals surface area contributed by atoms with Crippen molar-refractivity contribution in [2.24, 2.45) is 17.8 Å². The Morgan fingerprint density at radius 1 is 1.23 bits per heavy atom. The number of ether oxygens (including phenoxy) is 1. The Morgan fingerprint density at radius 2 is 2.00 bits per heavy atom. The van der Waals surface area contributed by atoms with Crippen LogP contribution in [0.2, 0.25) is 0 Å². The van der Waals surface area contributed by atoms with Crippen molar-refractivity contribution in [3.8, 4) is 5.88 Å². The minimum Gasteiger partial charge on any atom is -0.494 e. The van der Waals surface area contributed by atoms with Crippen LogP contribution in [0.3, 0.4) is 0 Å². The highest BCUT2D eigenvalue weighted by Crippen LogP contribution is 2.49. The zero-order valence-electron chi connectivity index (χ0n) is 25.4. The lowest BCUT2D eigenvalue weighted by atomic mass is 9.79. The Bertz CT molecular complexity index is 1560. The topological polar surface area (TPSA) is 138 Å². The quantitative estimate of drug-likeness (QED) is 0.418. The van der Waals surface area contributed by atoms with Crippen LogP contribution < -0.4 is 5.32 Å². The molecule has 11 heteroatoms. The van der Waals surface area contributed by atoms with Crippen molar-refractivity contribution in [1.29, 1.82) is 0 Å². The van der Waals surface area contributed by atoms with E-state index in [0.717, 1.165) is 27.6 Å². The molecular formula is C32H41N5O6. The van der Waals surface area contributed by atoms with Crippen molar-refractivity contribution in [3.05, 3.63) is 35.4 Å². The molecule has 0 saturated carbocycles. The lowest BCUT2D eigenvalue weighted by Gasteiger charge is -2.49. The maximum atomic E-state index is 14.4. The number of carbonyl (C=O) groups is 3. The van der Waals surface area contributed by atoms with E-state index in [9.17, 15) is 24.6 Å². The number of aromatic amines is 1. The molecule has 0 radical (unpaired) electrons. The van der Waals surface area contributed by atoms with Crippen LogP contribution in [-0.2, 0) is 25.5 Å². The third-order valence-electron chi connectivity index (χ3n) is 10.3. The molecule has 5 heterocycles. The summed E-state index contributed by atoms with van der Waals surface area (Å²) in [6.07, 6.45) is 4.18. The molecule has 230 valence electrons. The predicted octanol–water partition coefficient (Wildman–Crippen LogP) is 2.14. The third kappa shape index (κ3) is 3.87. The summed E-state index contributed by atoms with van der Waals surface area (Å²) in [5.74, 6) is -4.02. The third-order valence-corrected chi connectivity index (χ3v) is 10.3. The number of nitrogens with zero attached hydrogens (tertiary/aromatic N) is 3. The first-order chi connectivity index (χ1) is 20.4. The standard InChI is InChI=1S/C32H41N5O6/c1-16(2)12-24-29(40)36-11-7-10-25(36)32(42)37(24)30(41)31(43-32,17(3)4)34-27(38)18-13-20-19-8-6-9-22-26(19)21(28(39)33-22)14-23(20)35(5)15-18/h6,8-9,13,16-18,23-25,33,39,42H,7,10-12,14-15H2,1-5H3,(H,34,38)/t18-,23-,24?,25+,31?,32?/m1/s1. The van der Waals surface area contributed by atoms with Gasteiger partial charge >= 0.3 is 0 Å². The number of hydrogen-bond donors (Lipinski definition) is 4. The Hall–Kier alpha value is -3.41. The molecule has 11 nitrogen and oxygen atoms in total. The van der Waals surface area contributed by atoms with Gasteiger partial charge in [-0.15, -0.1) is 0 Å². The van der Waals surface area contributed by atoms with E-state index < -0.39 is 41.5 Å². The van der Waals surface area contributed by atoms with Crippen LogP contribution >= 0.6 is 0 Å². The summed E-state index contributed by atoms with van der Waals surface area (Å²) < 4.78 is 6.42. The van der Waals surface area contributed by atoms with Gasteiger partial charge < -0.3 is 25.4 Å². The molecule has 3 unspecified atom stereocenters. The largest absolute Gasteiger partial charge is 0.494 e. The van der Waals surface area contributed by atoms with Gasteiger partial charge in [-0.05, 0) is 55.9 Å². The number of aliphatic hydroxyl groups is 1. The Kier molecular flexibility index (Phi) is 6.30. The Labute approximate surface area is 250 Å². The van der Waals surface area contributed by atoms with Crippen LogP contribution in [-0.4, -0.2) is 97.5 Å². The average Bonchev–Trinajstić information content (AvgIpc) is 3.63. The fraction of sp³-hybridized carbons (Fsp3) is 0.594. The van der Waals surface area contributed by atoms with E-state index in [2.05, 4.69) is 15.2 Å². The average molecular weight is 592 g/mol. The van der Waals surface area contributed by atoms with Crippen molar-refractivity contribution < 1.29 is 29.3 Å². The number of likely N-dealkylation sites (N-methyl/N-ethyl adjacent to an activating group) is 1. The van der Waals surface area contributed by atoms with Gasteiger partial charge in [0.05, 0.1) is 5.92 Å². The van der Waals surface area contributed by atoms with Gasteiger partial charge in [0.1, 0.15) is 12.1 Å². The molecule has 2 aromatic rings. The Balaban J connectivity index is 1.25. The second-order valence-corrected chi connectivity index (χ2v) is 13.7. The summed E-state index contributed by atoms with van der Waals surface area (Å²) in [5.41, 5.74) is 1.86. The minimum absolute atomic E-state index is 0.0156. The molecular weight excluding hydrogens is 550 g/mol. The molecule has 0 bridgehead atoms. The van der Waals surface area contributed by atoms with Crippen LogP contribution in [0.5, 0.6) is 5.88 Å². The van der Waals surface area contributed by atoms with Gasteiger partial charge in [-0.25, -0.2) is 0 Å². The highest BCUT2D eigenvalue weighted by Gasteiger charge is 2.72. The summed E-state index contributed by atoms with van der Waals surface area (Å²) >= 11 is 0. The van der Waals surface area contributed by atoms with Gasteiger partial charge in [0.2, 0.25) is 17.5 Å². The number of benzene rings is 1. The van der Waals surface area contributed by atoms with Crippen LogP contribution in [0.15, 0.2) is 24.3 Å². The fourth-order valence-electron chi connectivity index (χ4n) is 8.17. The molecule has 3 fully saturated rings. The van der Waals surface area contributed by atoms with E-state index in [1.807, 2.05) is 45.2 Å². The SMILES string of the molecule is CC(C)CC1C(=O)N2CCC[C@H]2C2(O)OC(NC(=O)[C@@H]3C=C4c5cccc6[nH]c(O)c(c56)C[C@H]4N(C)C3)(C(C)C)C(=O)N12. The number of piperazine rings is 1. The molecule has 43 heavy (non-hydrogen) atoms. The maximum Gasteiger partial charge on any atom is 0.281 e. The highest BCUT2D eigenvalue weighted by atomic mass is 16.7. The van der Waals surface area contributed by atoms with Crippen molar-refractivity contribution in [3.63, 3.8) is 0 Å². The number of nitrogens with one attached hydrogen (secondary N) is 2. The smallest absolute Gasteiger partial charge is 0.281 e. The summed E-state index contributed by atoms with van der Waals surface area (Å²) in [4.78, 5) is 50.2. The van der Waals surface area contributed by atoms with E-state index >= 15 is 0 Å². The first kappa shape index (κ1) is 28.4. The normalized spacial score (nSPS) is 33.7. The summed E-state index contributed by atoms with van der Waals surface area (Å²) in [5, 5.41) is 26.6. The van der Waals surface area contributed by atoms with E-state index in [1.54, 1.807) is 18.7 Å². The molecule has 1 aromatic heterocycles. The molecule has 4 N–H and O–H groups in total. The van der Waals surface area contributed by atoms with Gasteiger partial charge in [0, 0.05) is 41.5 Å². The van der Waals surface area contributed by atoms with E-state index in [0.29, 0.717) is 38.8 Å². The van der Waals surface area contributed by atoms with E-state index in [4.69, 9.17) is 4.74 Å². The summed E-state index contributed by atoms with van der Waals surface area (Å²) in [6, 6.07) is 4.29. The molecule has 3 amide bonds. The first-order valence-electron chi connectivity index (χ1n) is 15.5. The number of H-pyrrole nitrogens is 1. The van der Waals surface area contributed by atoms with Crippen molar-refractivity contribution >= 4 is 34.2 Å². The summed E-state index contributed by atoms with van der Waals surface area (Å²) in [7, 11) is 1.96. The van der Waals surface area contributed by atoms with Crippen LogP contribution in [0.4, 0.5) is 0 Å². The fourth-order valence-corrected chi connectivity index (χ4v) is 8.17. The van der Waals surface area contributed by atoms with Gasteiger partial charge in [-0.2, -0.15) is 0 Å². The molecule has 7 rings (SSSR count). The van der Waals surface area contributed by atoms with E-state index in [1.165, 1.54) is 4.90 Å². The lowest BCUT2D eigenvalue weighted by Crippen LogP contribution is -2.71. The molecule has 0 spiro atoms. The molecule has 5 aliphatic rings. The zero-order valence-corrected chi connectivity index (χ0v) is 25.4. The van der Waals surface area contributed by atoms with Gasteiger partial charge in [-0.1, -0.05) is 45.9 Å². The van der Waals surface area contributed by atoms with Crippen LogP contribution in [0.1, 0.15) is 58.1 Å². The van der Waals surface area contributed by atoms with Gasteiger partial charge in [0.25, 0.3) is 11.8 Å². The van der Waals surface area contributed by atoms with E-state index in [-0.39, 0.29) is 29.7 Å². The summed E-state index contributed by atoms with van der Waals surface area (Å²) in [6.45, 7) is 8.43. The first-order valence-corrected chi connectivity index (χ1v) is 15.5. The number of aromatic hydroxyl groups is 1. The predicted molar refractivity (Wildman–Crippen MR) is 158 cm³/mol. The zero-order chi connectivity index (χ0) is 30.6. The Morgan fingerprint density at radius 3 is 2.72 bits per heavy atom. The van der Waals surface area contributed by atoms with Gasteiger partial charge in [0.15, 0.2) is 5.88 Å². The second kappa shape index (κ2) is 9.54. The number of rotatable bonds is 5. The maximum absolute atomic E-state index is 14.4. The highest BCUT2D eigenvalue weighted by molar-refractivity contribution is 6.02. The van der Waals surface area contributed by atoms with Crippen molar-refractivity contribution in [1.82, 2.24) is 25.0 Å². The minimum atomic E-state index is -2.03. The van der Waals surface area contributed by atoms with Crippen molar-refractivity contribution in [2.75, 3.05) is 20.1 Å². The number of carbonyl (C=O) groups excluding carboxylic acids is 3. The molecule has 4 aliphatic heterocycles. The van der Waals surface area contributed by atoms with Gasteiger partial charge in [-0.3, -0.25) is 28.9 Å². The molecule has 1 aliphatic carbocycles. The van der Waals surface area contributed by atoms with Crippen molar-refractivity contribution in [2.45, 2.75) is 83.1 Å². The lowest BCUT2D eigenvalue weighted by molar-refractivity contribution is -0.322. The monoisotopic (exact) mass is 591 g/mol. The number of amides is 3. The number of hydrogen-bond acceptors (Lipinski definition) is 7. The number of fused-ring (bicyclic) bond motifs is 5. The molecule has 1 aromatic carbocycles. The number of aromatic nitrogens is 1. The second-order valence-electron chi connectivity index (χ2n) is 13.7. The van der Waals surface area contributed by atoms with Crippen LogP contribution in [0.25, 0.3) is 16.5 Å². The molecule has 6 atom stereocenters. The van der Waals surface area contributed by atoms with Crippen LogP contribution in [0, 0.1) is 17.8 Å². The molecule has 3 saturated heterocycles.